The summed E-state index contributed by atoms with van der Waals surface area (Å²) in [4.78, 5) is 0. The minimum absolute atomic E-state index is 0.407. The molecule has 2 nitrogen and oxygen atoms in total. The summed E-state index contributed by atoms with van der Waals surface area (Å²) >= 11 is 3.43. The predicted molar refractivity (Wildman–Crippen MR) is 72.9 cm³/mol. The predicted octanol–water partition coefficient (Wildman–Crippen LogP) is 3.76. The van der Waals surface area contributed by atoms with E-state index in [4.69, 9.17) is 4.42 Å². The topological polar surface area (TPSA) is 25.2 Å². The molecule has 2 rings (SSSR count). The number of nitrogens with one attached hydrogen (secondary N) is 1. The molecule has 0 spiro atoms. The van der Waals surface area contributed by atoms with E-state index in [1.807, 2.05) is 12.1 Å². The van der Waals surface area contributed by atoms with Gasteiger partial charge in [0.15, 0.2) is 0 Å². The molecular weight excluding hydrogens is 278 g/mol. The van der Waals surface area contributed by atoms with Gasteiger partial charge in [-0.05, 0) is 36.8 Å². The molecule has 1 N–H and O–H groups in total. The van der Waals surface area contributed by atoms with Gasteiger partial charge < -0.3 is 9.73 Å². The van der Waals surface area contributed by atoms with Crippen molar-refractivity contribution >= 4 is 15.9 Å². The highest BCUT2D eigenvalue weighted by Crippen LogP contribution is 2.11. The molecule has 0 aliphatic rings. The molecule has 90 valence electrons. The maximum Gasteiger partial charge on any atom is 0.105 e. The first-order valence-electron chi connectivity index (χ1n) is 5.74. The molecule has 17 heavy (non-hydrogen) atoms. The normalized spacial score (nSPS) is 12.6. The van der Waals surface area contributed by atoms with E-state index in [1.165, 1.54) is 5.56 Å². The Balaban J connectivity index is 1.79. The molecular formula is C14H16BrNO. The van der Waals surface area contributed by atoms with Crippen LogP contribution >= 0.6 is 15.9 Å². The van der Waals surface area contributed by atoms with Crippen LogP contribution in [0.25, 0.3) is 0 Å². The molecule has 0 aliphatic carbocycles. The van der Waals surface area contributed by atoms with Gasteiger partial charge in [0, 0.05) is 23.5 Å². The SMILES string of the molecule is CC(Cc1ccco1)NCc1ccc(Br)cc1. The van der Waals surface area contributed by atoms with Crippen molar-refractivity contribution in [1.82, 2.24) is 5.32 Å². The molecule has 3 heteroatoms. The largest absolute Gasteiger partial charge is 0.469 e. The van der Waals surface area contributed by atoms with Crippen molar-refractivity contribution < 1.29 is 4.42 Å². The fourth-order valence-corrected chi connectivity index (χ4v) is 1.96. The highest BCUT2D eigenvalue weighted by Gasteiger charge is 2.04. The second kappa shape index (κ2) is 6.03. The first-order chi connectivity index (χ1) is 8.24. The molecule has 1 aromatic heterocycles. The summed E-state index contributed by atoms with van der Waals surface area (Å²) in [6.45, 7) is 3.05. The molecule has 1 heterocycles. The number of halogens is 1. The highest BCUT2D eigenvalue weighted by molar-refractivity contribution is 9.10. The molecule has 1 aromatic carbocycles. The Labute approximate surface area is 110 Å². The van der Waals surface area contributed by atoms with Gasteiger partial charge in [-0.3, -0.25) is 0 Å². The summed E-state index contributed by atoms with van der Waals surface area (Å²) in [7, 11) is 0. The Kier molecular flexibility index (Phi) is 4.40. The lowest BCUT2D eigenvalue weighted by Crippen LogP contribution is -2.27. The van der Waals surface area contributed by atoms with Crippen LogP contribution in [0.2, 0.25) is 0 Å². The minimum Gasteiger partial charge on any atom is -0.469 e. The maximum absolute atomic E-state index is 5.33. The average molecular weight is 294 g/mol. The van der Waals surface area contributed by atoms with Gasteiger partial charge in [0.2, 0.25) is 0 Å². The van der Waals surface area contributed by atoms with E-state index in [1.54, 1.807) is 6.26 Å². The Morgan fingerprint density at radius 2 is 2.00 bits per heavy atom. The van der Waals surface area contributed by atoms with Crippen LogP contribution in [0.4, 0.5) is 0 Å². The van der Waals surface area contributed by atoms with Crippen molar-refractivity contribution in [3.63, 3.8) is 0 Å². The summed E-state index contributed by atoms with van der Waals surface area (Å²) in [5, 5.41) is 3.48. The Morgan fingerprint density at radius 1 is 1.24 bits per heavy atom. The van der Waals surface area contributed by atoms with E-state index in [9.17, 15) is 0 Å². The summed E-state index contributed by atoms with van der Waals surface area (Å²) in [6.07, 6.45) is 2.64. The van der Waals surface area contributed by atoms with Crippen LogP contribution < -0.4 is 5.32 Å². The van der Waals surface area contributed by atoms with Gasteiger partial charge in [-0.25, -0.2) is 0 Å². The molecule has 0 bridgehead atoms. The standard InChI is InChI=1S/C14H16BrNO/c1-11(9-14-3-2-8-17-14)16-10-12-4-6-13(15)7-5-12/h2-8,11,16H,9-10H2,1H3. The zero-order valence-electron chi connectivity index (χ0n) is 9.82. The fourth-order valence-electron chi connectivity index (χ4n) is 1.70. The molecule has 0 fully saturated rings. The first kappa shape index (κ1) is 12.4. The van der Waals surface area contributed by atoms with E-state index >= 15 is 0 Å². The van der Waals surface area contributed by atoms with Gasteiger partial charge in [-0.2, -0.15) is 0 Å². The molecule has 0 amide bonds. The smallest absolute Gasteiger partial charge is 0.105 e. The third kappa shape index (κ3) is 4.02. The van der Waals surface area contributed by atoms with Crippen molar-refractivity contribution in [2.24, 2.45) is 0 Å². The molecule has 1 unspecified atom stereocenters. The van der Waals surface area contributed by atoms with E-state index in [2.05, 4.69) is 52.4 Å². The second-order valence-corrected chi connectivity index (χ2v) is 5.11. The Hall–Kier alpha value is -1.06. The zero-order chi connectivity index (χ0) is 12.1. The van der Waals surface area contributed by atoms with Crippen molar-refractivity contribution in [1.29, 1.82) is 0 Å². The van der Waals surface area contributed by atoms with Gasteiger partial charge >= 0.3 is 0 Å². The van der Waals surface area contributed by atoms with E-state index in [0.717, 1.165) is 23.2 Å². The van der Waals surface area contributed by atoms with Gasteiger partial charge in [-0.1, -0.05) is 28.1 Å². The summed E-state index contributed by atoms with van der Waals surface area (Å²) in [6, 6.07) is 12.7. The highest BCUT2D eigenvalue weighted by atomic mass is 79.9. The van der Waals surface area contributed by atoms with E-state index in [-0.39, 0.29) is 0 Å². The van der Waals surface area contributed by atoms with Gasteiger partial charge in [0.05, 0.1) is 6.26 Å². The van der Waals surface area contributed by atoms with Crippen LogP contribution in [0.5, 0.6) is 0 Å². The van der Waals surface area contributed by atoms with Crippen molar-refractivity contribution in [3.05, 3.63) is 58.5 Å². The Morgan fingerprint density at radius 3 is 2.65 bits per heavy atom. The number of rotatable bonds is 5. The molecule has 0 aliphatic heterocycles. The number of furan rings is 1. The monoisotopic (exact) mass is 293 g/mol. The van der Waals surface area contributed by atoms with Crippen LogP contribution in [0, 0.1) is 0 Å². The minimum atomic E-state index is 0.407. The zero-order valence-corrected chi connectivity index (χ0v) is 11.4. The molecule has 0 saturated heterocycles. The van der Waals surface area contributed by atoms with Crippen LogP contribution in [0.1, 0.15) is 18.2 Å². The second-order valence-electron chi connectivity index (χ2n) is 4.19. The van der Waals surface area contributed by atoms with Crippen LogP contribution in [0.3, 0.4) is 0 Å². The molecule has 0 saturated carbocycles. The third-order valence-corrected chi connectivity index (χ3v) is 3.18. The number of hydrogen-bond donors (Lipinski definition) is 1. The average Bonchev–Trinajstić information content (AvgIpc) is 2.81. The molecule has 1 atom stereocenters. The lowest BCUT2D eigenvalue weighted by Gasteiger charge is -2.12. The van der Waals surface area contributed by atoms with Gasteiger partial charge in [0.25, 0.3) is 0 Å². The van der Waals surface area contributed by atoms with Crippen molar-refractivity contribution in [2.75, 3.05) is 0 Å². The lowest BCUT2D eigenvalue weighted by atomic mass is 10.1. The van der Waals surface area contributed by atoms with Crippen LogP contribution in [0.15, 0.2) is 51.6 Å². The van der Waals surface area contributed by atoms with Crippen LogP contribution in [-0.4, -0.2) is 6.04 Å². The summed E-state index contributed by atoms with van der Waals surface area (Å²) in [5.41, 5.74) is 1.29. The van der Waals surface area contributed by atoms with Gasteiger partial charge in [0.1, 0.15) is 5.76 Å². The number of hydrogen-bond acceptors (Lipinski definition) is 2. The third-order valence-electron chi connectivity index (χ3n) is 2.66. The molecule has 2 aromatic rings. The summed E-state index contributed by atoms with van der Waals surface area (Å²) < 4.78 is 6.44. The maximum atomic E-state index is 5.33. The van der Waals surface area contributed by atoms with Crippen molar-refractivity contribution in [3.8, 4) is 0 Å². The first-order valence-corrected chi connectivity index (χ1v) is 6.53. The number of benzene rings is 1. The van der Waals surface area contributed by atoms with Gasteiger partial charge in [-0.15, -0.1) is 0 Å². The summed E-state index contributed by atoms with van der Waals surface area (Å²) in [5.74, 6) is 1.03. The Bertz CT molecular complexity index is 436. The van der Waals surface area contributed by atoms with E-state index < -0.39 is 0 Å². The molecule has 0 radical (unpaired) electrons. The fraction of sp³-hybridized carbons (Fsp3) is 0.286. The lowest BCUT2D eigenvalue weighted by molar-refractivity contribution is 0.456. The van der Waals surface area contributed by atoms with Crippen molar-refractivity contribution in [2.45, 2.75) is 25.9 Å². The quantitative estimate of drug-likeness (QED) is 0.908. The van der Waals surface area contributed by atoms with E-state index in [0.29, 0.717) is 6.04 Å². The van der Waals surface area contributed by atoms with Crippen LogP contribution in [-0.2, 0) is 13.0 Å².